The number of anilines is 3. The van der Waals surface area contributed by atoms with Crippen molar-refractivity contribution in [2.75, 3.05) is 11.1 Å². The number of benzene rings is 2. The Labute approximate surface area is 118 Å². The summed E-state index contributed by atoms with van der Waals surface area (Å²) < 4.78 is 0. The summed E-state index contributed by atoms with van der Waals surface area (Å²) in [6, 6.07) is 12.8. The molecule has 0 radical (unpaired) electrons. The van der Waals surface area contributed by atoms with Crippen molar-refractivity contribution >= 4 is 23.0 Å². The second-order valence-electron chi connectivity index (χ2n) is 5.01. The average Bonchev–Trinajstić information content (AvgIpc) is 2.41. The van der Waals surface area contributed by atoms with Crippen LogP contribution in [-0.2, 0) is 0 Å². The lowest BCUT2D eigenvalue weighted by Gasteiger charge is -2.11. The molecule has 2 aromatic rings. The number of hydrogen-bond acceptors (Lipinski definition) is 3. The number of hydrogen-bond donors (Lipinski definition) is 3. The third-order valence-corrected chi connectivity index (χ3v) is 3.15. The van der Waals surface area contributed by atoms with Crippen molar-refractivity contribution in [3.05, 3.63) is 53.6 Å². The van der Waals surface area contributed by atoms with Crippen LogP contribution in [0.2, 0.25) is 0 Å². The predicted octanol–water partition coefficient (Wildman–Crippen LogP) is 3.83. The summed E-state index contributed by atoms with van der Waals surface area (Å²) in [5.41, 5.74) is 9.35. The molecule has 4 N–H and O–H groups in total. The summed E-state index contributed by atoms with van der Waals surface area (Å²) in [4.78, 5) is 10.8. The lowest BCUT2D eigenvalue weighted by molar-refractivity contribution is 0.0697. The van der Waals surface area contributed by atoms with Crippen LogP contribution in [0.1, 0.15) is 35.7 Å². The summed E-state index contributed by atoms with van der Waals surface area (Å²) >= 11 is 0. The molecule has 0 bridgehead atoms. The molecular formula is C16H18N2O2. The Kier molecular flexibility index (Phi) is 3.94. The molecule has 0 saturated carbocycles. The van der Waals surface area contributed by atoms with E-state index in [1.807, 2.05) is 12.1 Å². The van der Waals surface area contributed by atoms with Crippen molar-refractivity contribution in [1.82, 2.24) is 0 Å². The van der Waals surface area contributed by atoms with Crippen molar-refractivity contribution in [3.63, 3.8) is 0 Å². The van der Waals surface area contributed by atoms with Gasteiger partial charge in [0.2, 0.25) is 0 Å². The van der Waals surface area contributed by atoms with Gasteiger partial charge in [0.25, 0.3) is 0 Å². The minimum Gasteiger partial charge on any atom is -0.478 e. The maximum absolute atomic E-state index is 10.8. The number of rotatable bonds is 4. The Morgan fingerprint density at radius 1 is 1.15 bits per heavy atom. The molecule has 0 fully saturated rings. The van der Waals surface area contributed by atoms with Crippen molar-refractivity contribution in [3.8, 4) is 0 Å². The molecule has 0 aromatic heterocycles. The van der Waals surface area contributed by atoms with Crippen molar-refractivity contribution in [1.29, 1.82) is 0 Å². The zero-order valence-corrected chi connectivity index (χ0v) is 11.6. The molecule has 0 spiro atoms. The van der Waals surface area contributed by atoms with Crippen LogP contribution in [0.15, 0.2) is 42.5 Å². The highest BCUT2D eigenvalue weighted by molar-refractivity contribution is 5.90. The highest BCUT2D eigenvalue weighted by atomic mass is 16.4. The Morgan fingerprint density at radius 3 is 2.30 bits per heavy atom. The van der Waals surface area contributed by atoms with Gasteiger partial charge in [-0.2, -0.15) is 0 Å². The quantitative estimate of drug-likeness (QED) is 0.738. The van der Waals surface area contributed by atoms with Crippen molar-refractivity contribution in [2.24, 2.45) is 0 Å². The van der Waals surface area contributed by atoms with E-state index in [2.05, 4.69) is 31.3 Å². The summed E-state index contributed by atoms with van der Waals surface area (Å²) in [6.07, 6.45) is 0. The lowest BCUT2D eigenvalue weighted by Crippen LogP contribution is -2.01. The number of carbonyl (C=O) groups is 1. The van der Waals surface area contributed by atoms with E-state index in [4.69, 9.17) is 10.8 Å². The van der Waals surface area contributed by atoms with Crippen LogP contribution in [-0.4, -0.2) is 11.1 Å². The van der Waals surface area contributed by atoms with Crippen LogP contribution < -0.4 is 11.1 Å². The molecule has 4 nitrogen and oxygen atoms in total. The standard InChI is InChI=1S/C16H18N2O2/c1-10(2)11-3-6-13(7-4-11)18-15-8-5-12(16(19)20)9-14(15)17/h3-10,18H,17H2,1-2H3,(H,19,20). The van der Waals surface area contributed by atoms with Gasteiger partial charge in [-0.25, -0.2) is 4.79 Å². The van der Waals surface area contributed by atoms with Crippen molar-refractivity contribution in [2.45, 2.75) is 19.8 Å². The molecule has 20 heavy (non-hydrogen) atoms. The molecule has 0 heterocycles. The van der Waals surface area contributed by atoms with Gasteiger partial charge in [0, 0.05) is 5.69 Å². The van der Waals surface area contributed by atoms with Gasteiger partial charge in [-0.1, -0.05) is 26.0 Å². The zero-order chi connectivity index (χ0) is 14.7. The summed E-state index contributed by atoms with van der Waals surface area (Å²) in [5, 5.41) is 12.1. The Morgan fingerprint density at radius 2 is 1.80 bits per heavy atom. The van der Waals surface area contributed by atoms with Crippen LogP contribution >= 0.6 is 0 Å². The van der Waals surface area contributed by atoms with Crippen LogP contribution in [0.4, 0.5) is 17.1 Å². The number of carboxylic acid groups (broad SMARTS) is 1. The van der Waals surface area contributed by atoms with Gasteiger partial charge in [-0.3, -0.25) is 0 Å². The molecule has 0 amide bonds. The number of aromatic carboxylic acids is 1. The molecule has 0 atom stereocenters. The van der Waals surface area contributed by atoms with Crippen LogP contribution in [0.3, 0.4) is 0 Å². The maximum atomic E-state index is 10.8. The van der Waals surface area contributed by atoms with Crippen LogP contribution in [0, 0.1) is 0 Å². The van der Waals surface area contributed by atoms with E-state index in [1.54, 1.807) is 6.07 Å². The normalized spacial score (nSPS) is 10.6. The van der Waals surface area contributed by atoms with Gasteiger partial charge in [0.05, 0.1) is 16.9 Å². The largest absolute Gasteiger partial charge is 0.478 e. The second kappa shape index (κ2) is 5.65. The van der Waals surface area contributed by atoms with Gasteiger partial charge in [0.1, 0.15) is 0 Å². The van der Waals surface area contributed by atoms with E-state index in [0.29, 0.717) is 17.3 Å². The number of nitrogen functional groups attached to an aromatic ring is 1. The smallest absolute Gasteiger partial charge is 0.335 e. The Hall–Kier alpha value is -2.49. The van der Waals surface area contributed by atoms with Gasteiger partial charge in [0.15, 0.2) is 0 Å². The van der Waals surface area contributed by atoms with E-state index in [9.17, 15) is 4.79 Å². The molecule has 4 heteroatoms. The first-order valence-corrected chi connectivity index (χ1v) is 6.47. The molecular weight excluding hydrogens is 252 g/mol. The fourth-order valence-corrected chi connectivity index (χ4v) is 1.92. The first-order valence-electron chi connectivity index (χ1n) is 6.47. The lowest BCUT2D eigenvalue weighted by atomic mass is 10.0. The SMILES string of the molecule is CC(C)c1ccc(Nc2ccc(C(=O)O)cc2N)cc1. The van der Waals surface area contributed by atoms with Gasteiger partial charge < -0.3 is 16.2 Å². The van der Waals surface area contributed by atoms with Crippen molar-refractivity contribution < 1.29 is 9.90 Å². The van der Waals surface area contributed by atoms with E-state index in [1.165, 1.54) is 17.7 Å². The molecule has 0 aliphatic rings. The highest BCUT2D eigenvalue weighted by Crippen LogP contribution is 2.25. The first-order chi connectivity index (χ1) is 9.47. The minimum atomic E-state index is -0.982. The molecule has 104 valence electrons. The topological polar surface area (TPSA) is 75.3 Å². The fourth-order valence-electron chi connectivity index (χ4n) is 1.92. The van der Waals surface area contributed by atoms with Gasteiger partial charge in [-0.05, 0) is 41.8 Å². The molecule has 0 unspecified atom stereocenters. The van der Waals surface area contributed by atoms with Gasteiger partial charge >= 0.3 is 5.97 Å². The molecule has 0 aliphatic heterocycles. The van der Waals surface area contributed by atoms with E-state index in [-0.39, 0.29) is 5.56 Å². The Bertz CT molecular complexity index is 619. The third-order valence-electron chi connectivity index (χ3n) is 3.15. The molecule has 0 aliphatic carbocycles. The first kappa shape index (κ1) is 13.9. The molecule has 0 saturated heterocycles. The van der Waals surface area contributed by atoms with E-state index < -0.39 is 5.97 Å². The predicted molar refractivity (Wildman–Crippen MR) is 81.6 cm³/mol. The zero-order valence-electron chi connectivity index (χ0n) is 11.6. The number of nitrogens with one attached hydrogen (secondary N) is 1. The summed E-state index contributed by atoms with van der Waals surface area (Å²) in [6.45, 7) is 4.29. The molecule has 2 rings (SSSR count). The average molecular weight is 270 g/mol. The number of carboxylic acids is 1. The van der Waals surface area contributed by atoms with E-state index in [0.717, 1.165) is 5.69 Å². The minimum absolute atomic E-state index is 0.184. The third kappa shape index (κ3) is 3.09. The number of nitrogens with two attached hydrogens (primary N) is 1. The summed E-state index contributed by atoms with van der Waals surface area (Å²) in [5.74, 6) is -0.492. The summed E-state index contributed by atoms with van der Waals surface area (Å²) in [7, 11) is 0. The van der Waals surface area contributed by atoms with Crippen LogP contribution in [0.5, 0.6) is 0 Å². The maximum Gasteiger partial charge on any atom is 0.335 e. The second-order valence-corrected chi connectivity index (χ2v) is 5.01. The highest BCUT2D eigenvalue weighted by Gasteiger charge is 2.06. The monoisotopic (exact) mass is 270 g/mol. The van der Waals surface area contributed by atoms with E-state index >= 15 is 0 Å². The molecule has 2 aromatic carbocycles. The van der Waals surface area contributed by atoms with Gasteiger partial charge in [-0.15, -0.1) is 0 Å². The Balaban J connectivity index is 2.19. The fraction of sp³-hybridized carbons (Fsp3) is 0.188. The van der Waals surface area contributed by atoms with Crippen LogP contribution in [0.25, 0.3) is 0 Å².